The third-order valence-electron chi connectivity index (χ3n) is 1.90. The molecule has 0 spiro atoms. The fraction of sp³-hybridized carbons (Fsp3) is 0. The first kappa shape index (κ1) is 9.92. The number of anilines is 1. The van der Waals surface area contributed by atoms with Crippen molar-refractivity contribution in [2.45, 2.75) is 0 Å². The van der Waals surface area contributed by atoms with Gasteiger partial charge in [-0.2, -0.15) is 5.10 Å². The highest BCUT2D eigenvalue weighted by molar-refractivity contribution is 6.30. The Kier molecular flexibility index (Phi) is 2.32. The molecule has 0 aliphatic heterocycles. The third kappa shape index (κ3) is 1.78. The number of halogens is 3. The van der Waals surface area contributed by atoms with Crippen LogP contribution in [-0.4, -0.2) is 10.2 Å². The molecule has 1 heterocycles. The molecule has 0 saturated carbocycles. The van der Waals surface area contributed by atoms with Crippen LogP contribution in [0, 0.1) is 11.6 Å². The standard InChI is InChI=1S/C9H6ClF2N3/c10-5-2-6(11)4(1-7(5)12)8-3-9(13)15-14-8/h1-3H,(H3,13,14,15). The Morgan fingerprint density at radius 3 is 2.53 bits per heavy atom. The molecule has 3 nitrogen and oxygen atoms in total. The lowest BCUT2D eigenvalue weighted by molar-refractivity contribution is 0.603. The summed E-state index contributed by atoms with van der Waals surface area (Å²) in [5, 5.41) is 5.84. The number of aromatic amines is 1. The van der Waals surface area contributed by atoms with Crippen LogP contribution in [0.3, 0.4) is 0 Å². The topological polar surface area (TPSA) is 54.7 Å². The maximum absolute atomic E-state index is 13.4. The molecule has 0 radical (unpaired) electrons. The first-order valence-electron chi connectivity index (χ1n) is 4.03. The second-order valence-electron chi connectivity index (χ2n) is 2.95. The first-order chi connectivity index (χ1) is 7.08. The van der Waals surface area contributed by atoms with Crippen molar-refractivity contribution in [1.82, 2.24) is 10.2 Å². The molecule has 0 aliphatic rings. The Bertz CT molecular complexity index is 510. The molecular weight excluding hydrogens is 224 g/mol. The van der Waals surface area contributed by atoms with E-state index in [-0.39, 0.29) is 16.4 Å². The zero-order chi connectivity index (χ0) is 11.0. The van der Waals surface area contributed by atoms with Crippen LogP contribution in [0.2, 0.25) is 5.02 Å². The van der Waals surface area contributed by atoms with Gasteiger partial charge in [0.15, 0.2) is 0 Å². The van der Waals surface area contributed by atoms with Gasteiger partial charge in [0.05, 0.1) is 10.7 Å². The largest absolute Gasteiger partial charge is 0.382 e. The SMILES string of the molecule is Nc1cc(-c2cc(F)c(Cl)cc2F)[nH]n1. The Balaban J connectivity index is 2.58. The second-order valence-corrected chi connectivity index (χ2v) is 3.36. The summed E-state index contributed by atoms with van der Waals surface area (Å²) in [6.45, 7) is 0. The Labute approximate surface area is 88.9 Å². The maximum Gasteiger partial charge on any atom is 0.145 e. The molecule has 1 aromatic carbocycles. The summed E-state index contributed by atoms with van der Waals surface area (Å²) in [7, 11) is 0. The molecule has 0 amide bonds. The molecule has 3 N–H and O–H groups in total. The van der Waals surface area contributed by atoms with E-state index >= 15 is 0 Å². The van der Waals surface area contributed by atoms with E-state index < -0.39 is 11.6 Å². The molecular formula is C9H6ClF2N3. The van der Waals surface area contributed by atoms with Crippen LogP contribution < -0.4 is 5.73 Å². The van der Waals surface area contributed by atoms with Crippen molar-refractivity contribution in [3.8, 4) is 11.3 Å². The normalized spacial score (nSPS) is 10.6. The number of hydrogen-bond donors (Lipinski definition) is 2. The van der Waals surface area contributed by atoms with Crippen molar-refractivity contribution in [2.24, 2.45) is 0 Å². The van der Waals surface area contributed by atoms with Crippen LogP contribution in [-0.2, 0) is 0 Å². The number of rotatable bonds is 1. The number of nitrogens with zero attached hydrogens (tertiary/aromatic N) is 1. The molecule has 6 heteroatoms. The van der Waals surface area contributed by atoms with Gasteiger partial charge in [-0.1, -0.05) is 11.6 Å². The van der Waals surface area contributed by atoms with Crippen LogP contribution in [0.4, 0.5) is 14.6 Å². The predicted molar refractivity (Wildman–Crippen MR) is 53.4 cm³/mol. The summed E-state index contributed by atoms with van der Waals surface area (Å²) < 4.78 is 26.5. The highest BCUT2D eigenvalue weighted by Gasteiger charge is 2.11. The minimum absolute atomic E-state index is 0.0427. The molecule has 0 saturated heterocycles. The minimum Gasteiger partial charge on any atom is -0.382 e. The molecule has 0 unspecified atom stereocenters. The third-order valence-corrected chi connectivity index (χ3v) is 2.19. The molecule has 1 aromatic heterocycles. The van der Waals surface area contributed by atoms with Crippen molar-refractivity contribution >= 4 is 17.4 Å². The van der Waals surface area contributed by atoms with E-state index in [9.17, 15) is 8.78 Å². The number of hydrogen-bond acceptors (Lipinski definition) is 2. The van der Waals surface area contributed by atoms with Crippen LogP contribution >= 0.6 is 11.6 Å². The lowest BCUT2D eigenvalue weighted by Gasteiger charge is -2.01. The Morgan fingerprint density at radius 1 is 1.20 bits per heavy atom. The zero-order valence-corrected chi connectivity index (χ0v) is 8.15. The summed E-state index contributed by atoms with van der Waals surface area (Å²) in [5.74, 6) is -1.12. The number of benzene rings is 1. The molecule has 0 fully saturated rings. The van der Waals surface area contributed by atoms with Gasteiger partial charge in [0.1, 0.15) is 17.5 Å². The zero-order valence-electron chi connectivity index (χ0n) is 7.39. The van der Waals surface area contributed by atoms with E-state index in [0.29, 0.717) is 5.69 Å². The van der Waals surface area contributed by atoms with E-state index in [1.807, 2.05) is 0 Å². The average molecular weight is 230 g/mol. The molecule has 2 aromatic rings. The van der Waals surface area contributed by atoms with Crippen molar-refractivity contribution in [1.29, 1.82) is 0 Å². The Hall–Kier alpha value is -1.62. The van der Waals surface area contributed by atoms with E-state index in [1.165, 1.54) is 6.07 Å². The van der Waals surface area contributed by atoms with Crippen LogP contribution in [0.1, 0.15) is 0 Å². The van der Waals surface area contributed by atoms with Gasteiger partial charge in [0.25, 0.3) is 0 Å². The van der Waals surface area contributed by atoms with E-state index in [0.717, 1.165) is 12.1 Å². The van der Waals surface area contributed by atoms with E-state index in [4.69, 9.17) is 17.3 Å². The lowest BCUT2D eigenvalue weighted by atomic mass is 10.1. The van der Waals surface area contributed by atoms with Gasteiger partial charge in [-0.15, -0.1) is 0 Å². The molecule has 15 heavy (non-hydrogen) atoms. The highest BCUT2D eigenvalue weighted by Crippen LogP contribution is 2.27. The van der Waals surface area contributed by atoms with Crippen LogP contribution in [0.5, 0.6) is 0 Å². The van der Waals surface area contributed by atoms with Gasteiger partial charge in [-0.05, 0) is 12.1 Å². The second kappa shape index (κ2) is 3.51. The molecule has 0 atom stereocenters. The number of nitrogens with one attached hydrogen (secondary N) is 1. The van der Waals surface area contributed by atoms with Gasteiger partial charge < -0.3 is 5.73 Å². The quantitative estimate of drug-likeness (QED) is 0.739. The van der Waals surface area contributed by atoms with Gasteiger partial charge in [-0.3, -0.25) is 5.10 Å². The average Bonchev–Trinajstić information content (AvgIpc) is 2.58. The predicted octanol–water partition coefficient (Wildman–Crippen LogP) is 2.59. The van der Waals surface area contributed by atoms with Crippen molar-refractivity contribution in [3.05, 3.63) is 34.9 Å². The molecule has 78 valence electrons. The van der Waals surface area contributed by atoms with E-state index in [1.54, 1.807) is 0 Å². The summed E-state index contributed by atoms with van der Waals surface area (Å²) in [4.78, 5) is 0. The molecule has 0 aliphatic carbocycles. The number of nitrogen functional groups attached to an aromatic ring is 1. The fourth-order valence-electron chi connectivity index (χ4n) is 1.20. The van der Waals surface area contributed by atoms with Crippen molar-refractivity contribution < 1.29 is 8.78 Å². The van der Waals surface area contributed by atoms with Crippen LogP contribution in [0.15, 0.2) is 18.2 Å². The van der Waals surface area contributed by atoms with Crippen molar-refractivity contribution in [2.75, 3.05) is 5.73 Å². The summed E-state index contributed by atoms with van der Waals surface area (Å²) in [5.41, 5.74) is 5.70. The summed E-state index contributed by atoms with van der Waals surface area (Å²) in [6.07, 6.45) is 0. The smallest absolute Gasteiger partial charge is 0.145 e. The lowest BCUT2D eigenvalue weighted by Crippen LogP contribution is -1.88. The summed E-state index contributed by atoms with van der Waals surface area (Å²) >= 11 is 5.41. The van der Waals surface area contributed by atoms with Gasteiger partial charge >= 0.3 is 0 Å². The van der Waals surface area contributed by atoms with Crippen LogP contribution in [0.25, 0.3) is 11.3 Å². The Morgan fingerprint density at radius 2 is 1.93 bits per heavy atom. The van der Waals surface area contributed by atoms with Gasteiger partial charge in [-0.25, -0.2) is 8.78 Å². The van der Waals surface area contributed by atoms with E-state index in [2.05, 4.69) is 10.2 Å². The minimum atomic E-state index is -0.693. The maximum atomic E-state index is 13.4. The number of H-pyrrole nitrogens is 1. The first-order valence-corrected chi connectivity index (χ1v) is 4.41. The molecule has 0 bridgehead atoms. The highest BCUT2D eigenvalue weighted by atomic mass is 35.5. The van der Waals surface area contributed by atoms with Crippen molar-refractivity contribution in [3.63, 3.8) is 0 Å². The van der Waals surface area contributed by atoms with Gasteiger partial charge in [0, 0.05) is 11.6 Å². The van der Waals surface area contributed by atoms with Gasteiger partial charge in [0.2, 0.25) is 0 Å². The number of aromatic nitrogens is 2. The number of nitrogens with two attached hydrogens (primary N) is 1. The molecule has 2 rings (SSSR count). The summed E-state index contributed by atoms with van der Waals surface area (Å²) in [6, 6.07) is 3.31. The fourth-order valence-corrected chi connectivity index (χ4v) is 1.35. The monoisotopic (exact) mass is 229 g/mol.